The van der Waals surface area contributed by atoms with Crippen LogP contribution in [0.2, 0.25) is 5.15 Å². The fourth-order valence-electron chi connectivity index (χ4n) is 1.42. The largest absolute Gasteiger partial charge is 1.00 e. The Kier molecular flexibility index (Phi) is 13.5. The van der Waals surface area contributed by atoms with Crippen molar-refractivity contribution in [3.63, 3.8) is 0 Å². The Morgan fingerprint density at radius 2 is 1.82 bits per heavy atom. The quantitative estimate of drug-likeness (QED) is 0.422. The summed E-state index contributed by atoms with van der Waals surface area (Å²) in [6.07, 6.45) is 8.42. The van der Waals surface area contributed by atoms with E-state index in [0.29, 0.717) is 11.0 Å². The molecule has 4 rings (SSSR count). The van der Waals surface area contributed by atoms with E-state index in [1.54, 1.807) is 12.6 Å². The maximum atomic E-state index is 12.4. The van der Waals surface area contributed by atoms with Crippen LogP contribution in [0.1, 0.15) is 2.80 Å². The summed E-state index contributed by atoms with van der Waals surface area (Å²) < 4.78 is 41.3. The van der Waals surface area contributed by atoms with Gasteiger partial charge in [0.15, 0.2) is 5.82 Å². The number of hydrogen-bond donors (Lipinski definition) is 0. The first-order valence-electron chi connectivity index (χ1n) is 7.86. The first-order chi connectivity index (χ1) is 13.6. The van der Waals surface area contributed by atoms with Gasteiger partial charge in [0.1, 0.15) is 35.8 Å². The van der Waals surface area contributed by atoms with Crippen LogP contribution in [0.5, 0.6) is 0 Å². The molecule has 3 aromatic heterocycles. The van der Waals surface area contributed by atoms with Crippen molar-refractivity contribution in [2.75, 3.05) is 13.7 Å². The number of pyridine rings is 2. The van der Waals surface area contributed by atoms with E-state index in [1.165, 1.54) is 41.6 Å². The minimum atomic E-state index is -1.00. The minimum Gasteiger partial charge on any atom is -1.00 e. The zero-order valence-electron chi connectivity index (χ0n) is 16.8. The van der Waals surface area contributed by atoms with Gasteiger partial charge in [-0.1, -0.05) is 11.6 Å². The Labute approximate surface area is 189 Å². The second-order valence-electron chi connectivity index (χ2n) is 4.29. The van der Waals surface area contributed by atoms with Crippen LogP contribution in [0.4, 0.5) is 13.2 Å². The number of aliphatic imine (C=N–C) groups is 2. The van der Waals surface area contributed by atoms with Crippen LogP contribution in [0, 0.1) is 11.6 Å². The Morgan fingerprint density at radius 3 is 2.18 bits per heavy atom. The van der Waals surface area contributed by atoms with E-state index in [9.17, 15) is 13.2 Å². The van der Waals surface area contributed by atoms with E-state index in [4.69, 9.17) is 13.0 Å². The maximum absolute atomic E-state index is 12.4. The zero-order chi connectivity index (χ0) is 20.6. The molecular weight excluding hydrogens is 406 g/mol. The SMILES string of the molecule is C1=NC=NC1.Fc1ccc(-n2cncn2)nc1.Fc1ccc(Cl)nc1.[2H]CF.[H-].[Na+]. The van der Waals surface area contributed by atoms with Gasteiger partial charge in [-0.2, -0.15) is 5.10 Å². The summed E-state index contributed by atoms with van der Waals surface area (Å²) in [5.41, 5.74) is 0. The van der Waals surface area contributed by atoms with Gasteiger partial charge in [0.05, 0.1) is 27.5 Å². The standard InChI is InChI=1S/C7H5FN4.C5H3ClFN.C3H4N2.CH3F.Na.H/c8-6-1-2-7(10-3-6)12-5-9-4-11-12;6-5-2-1-4(7)3-8-5;1-2-5-3-4-1;1-2;;/h1-5H;1-3H;1,3H,2H2;1H3;;/q;;;;+1;-1/i;;;1D;;. The second kappa shape index (κ2) is 15.9. The van der Waals surface area contributed by atoms with Crippen molar-refractivity contribution in [2.45, 2.75) is 0 Å². The molecule has 0 aromatic carbocycles. The number of halogens is 4. The summed E-state index contributed by atoms with van der Waals surface area (Å²) in [4.78, 5) is 18.4. The summed E-state index contributed by atoms with van der Waals surface area (Å²) in [6.45, 7) is 0.778. The molecule has 0 aliphatic carbocycles. The molecule has 0 unspecified atom stereocenters. The third kappa shape index (κ3) is 10.9. The van der Waals surface area contributed by atoms with E-state index < -0.39 is 7.15 Å². The molecular formula is C16H16ClF3N7Na. The van der Waals surface area contributed by atoms with Gasteiger partial charge in [0.2, 0.25) is 0 Å². The average molecular weight is 423 g/mol. The van der Waals surface area contributed by atoms with E-state index in [-0.39, 0.29) is 42.6 Å². The molecule has 12 heteroatoms. The number of rotatable bonds is 1. The first-order valence-corrected chi connectivity index (χ1v) is 7.53. The molecule has 0 bridgehead atoms. The second-order valence-corrected chi connectivity index (χ2v) is 4.67. The fraction of sp³-hybridized carbons (Fsp3) is 0.125. The number of hydrogen-bond acceptors (Lipinski definition) is 6. The van der Waals surface area contributed by atoms with Gasteiger partial charge in [-0.3, -0.25) is 9.38 Å². The fourth-order valence-corrected chi connectivity index (χ4v) is 1.54. The Morgan fingerprint density at radius 1 is 1.14 bits per heavy atom. The monoisotopic (exact) mass is 422 g/mol. The van der Waals surface area contributed by atoms with Crippen molar-refractivity contribution in [3.05, 3.63) is 66.1 Å². The van der Waals surface area contributed by atoms with Gasteiger partial charge in [0, 0.05) is 6.21 Å². The van der Waals surface area contributed by atoms with Gasteiger partial charge in [-0.25, -0.2) is 33.4 Å². The van der Waals surface area contributed by atoms with Crippen LogP contribution in [-0.4, -0.2) is 51.0 Å². The molecule has 144 valence electrons. The van der Waals surface area contributed by atoms with E-state index in [1.807, 2.05) is 0 Å². The molecule has 4 heterocycles. The normalized spacial score (nSPS) is 10.8. The first kappa shape index (κ1) is 23.9. The summed E-state index contributed by atoms with van der Waals surface area (Å²) in [6, 6.07) is 5.51. The predicted octanol–water partition coefficient (Wildman–Crippen LogP) is 0.477. The summed E-state index contributed by atoms with van der Waals surface area (Å²) in [7, 11) is -1.00. The average Bonchev–Trinajstić information content (AvgIpc) is 3.43. The Hall–Kier alpha value is -2.14. The van der Waals surface area contributed by atoms with Crippen molar-refractivity contribution in [2.24, 2.45) is 9.98 Å². The molecule has 7 nitrogen and oxygen atoms in total. The van der Waals surface area contributed by atoms with Crippen LogP contribution < -0.4 is 29.6 Å². The molecule has 0 fully saturated rings. The van der Waals surface area contributed by atoms with Crippen molar-refractivity contribution in [3.8, 4) is 5.82 Å². The van der Waals surface area contributed by atoms with Crippen molar-refractivity contribution < 1.29 is 45.5 Å². The molecule has 28 heavy (non-hydrogen) atoms. The zero-order valence-corrected chi connectivity index (χ0v) is 17.6. The molecule has 0 amide bonds. The molecule has 0 N–H and O–H groups in total. The summed E-state index contributed by atoms with van der Waals surface area (Å²) >= 11 is 5.33. The maximum Gasteiger partial charge on any atom is 1.00 e. The molecule has 0 spiro atoms. The molecule has 0 atom stereocenters. The van der Waals surface area contributed by atoms with Gasteiger partial charge in [0.25, 0.3) is 0 Å². The van der Waals surface area contributed by atoms with E-state index in [2.05, 4.69) is 30.0 Å². The van der Waals surface area contributed by atoms with Crippen LogP contribution in [0.15, 0.2) is 59.3 Å². The molecule has 3 aromatic rings. The van der Waals surface area contributed by atoms with E-state index >= 15 is 0 Å². The number of nitrogens with zero attached hydrogens (tertiary/aromatic N) is 7. The minimum absolute atomic E-state index is 0. The van der Waals surface area contributed by atoms with Gasteiger partial charge >= 0.3 is 29.6 Å². The van der Waals surface area contributed by atoms with Crippen molar-refractivity contribution in [1.29, 1.82) is 0 Å². The number of aromatic nitrogens is 5. The van der Waals surface area contributed by atoms with Gasteiger partial charge in [-0.05, 0) is 24.3 Å². The van der Waals surface area contributed by atoms with Crippen LogP contribution in [0.3, 0.4) is 0 Å². The molecule has 1 aliphatic heterocycles. The molecule has 0 radical (unpaired) electrons. The number of alkyl halides is 1. The predicted molar refractivity (Wildman–Crippen MR) is 98.3 cm³/mol. The van der Waals surface area contributed by atoms with Crippen LogP contribution in [0.25, 0.3) is 5.82 Å². The third-order valence-corrected chi connectivity index (χ3v) is 2.72. The van der Waals surface area contributed by atoms with E-state index in [0.717, 1.165) is 18.9 Å². The van der Waals surface area contributed by atoms with Crippen molar-refractivity contribution in [1.82, 2.24) is 24.7 Å². The molecule has 0 saturated heterocycles. The Balaban J connectivity index is 0. The van der Waals surface area contributed by atoms with Gasteiger partial charge < -0.3 is 1.43 Å². The third-order valence-electron chi connectivity index (χ3n) is 2.50. The summed E-state index contributed by atoms with van der Waals surface area (Å²) in [5, 5.41) is 4.15. The van der Waals surface area contributed by atoms with Gasteiger partial charge in [-0.15, -0.1) is 0 Å². The topological polar surface area (TPSA) is 81.2 Å². The molecule has 0 saturated carbocycles. The van der Waals surface area contributed by atoms with Crippen molar-refractivity contribution >= 4 is 24.2 Å². The van der Waals surface area contributed by atoms with Crippen LogP contribution >= 0.6 is 11.6 Å². The van der Waals surface area contributed by atoms with Crippen LogP contribution in [-0.2, 0) is 0 Å². The molecule has 1 aliphatic rings. The summed E-state index contributed by atoms with van der Waals surface area (Å²) in [5.74, 6) is -0.179. The smallest absolute Gasteiger partial charge is 1.00 e. The Bertz CT molecular complexity index is 808.